The van der Waals surface area contributed by atoms with Crippen molar-refractivity contribution in [2.24, 2.45) is 0 Å². The van der Waals surface area contributed by atoms with E-state index >= 15 is 0 Å². The molecule has 0 fully saturated rings. The minimum absolute atomic E-state index is 0. The highest BCUT2D eigenvalue weighted by Gasteiger charge is 2.01. The fraction of sp³-hybridized carbons (Fsp3) is 1.00. The Bertz CT molecular complexity index is 356. The maximum absolute atomic E-state index is 10.6. The molecule has 0 saturated heterocycles. The average molecular weight is 370 g/mol. The Hall–Kier alpha value is 0.260. The van der Waals surface area contributed by atoms with Crippen LogP contribution in [0.4, 0.5) is 0 Å². The Kier molecular flexibility index (Phi) is 11.5. The van der Waals surface area contributed by atoms with Crippen molar-refractivity contribution in [1.29, 1.82) is 0 Å². The molecule has 0 aliphatic rings. The van der Waals surface area contributed by atoms with Crippen molar-refractivity contribution < 1.29 is 25.2 Å². The lowest BCUT2D eigenvalue weighted by atomic mass is 10.4. The predicted molar refractivity (Wildman–Crippen MR) is 74.0 cm³/mol. The quantitative estimate of drug-likeness (QED) is 0.423. The van der Waals surface area contributed by atoms with Gasteiger partial charge in [-0.2, -0.15) is 16.8 Å². The molecule has 0 aromatic heterocycles. The minimum Gasteiger partial charge on any atom is -0.317 e. The molecule has 18 heavy (non-hydrogen) atoms. The molecule has 0 aromatic rings. The highest BCUT2D eigenvalue weighted by molar-refractivity contribution is 8.93. The molecule has 0 unspecified atom stereocenters. The molecule has 0 rings (SSSR count). The van der Waals surface area contributed by atoms with Gasteiger partial charge in [0.2, 0.25) is 0 Å². The molecular formula is C8H20BrNO6S2. The molecular weight excluding hydrogens is 350 g/mol. The highest BCUT2D eigenvalue weighted by Crippen LogP contribution is 1.90. The number of hydrogen-bond acceptors (Lipinski definition) is 7. The van der Waals surface area contributed by atoms with Gasteiger partial charge in [0.15, 0.2) is 0 Å². The molecule has 0 saturated carbocycles. The second-order valence-electron chi connectivity index (χ2n) is 3.51. The van der Waals surface area contributed by atoms with Crippen LogP contribution in [-0.2, 0) is 28.6 Å². The molecule has 0 atom stereocenters. The summed E-state index contributed by atoms with van der Waals surface area (Å²) in [5, 5.41) is 3.01. The molecule has 1 N–H and O–H groups in total. The summed E-state index contributed by atoms with van der Waals surface area (Å²) in [4.78, 5) is 0. The highest BCUT2D eigenvalue weighted by atomic mass is 79.9. The largest absolute Gasteiger partial charge is 0.317 e. The topological polar surface area (TPSA) is 98.8 Å². The van der Waals surface area contributed by atoms with Crippen molar-refractivity contribution >= 4 is 37.2 Å². The van der Waals surface area contributed by atoms with Gasteiger partial charge in [-0.05, 0) is 25.9 Å². The van der Waals surface area contributed by atoms with Crippen molar-refractivity contribution in [2.75, 3.05) is 38.8 Å². The molecule has 0 amide bonds. The zero-order valence-electron chi connectivity index (χ0n) is 10.4. The molecule has 0 spiro atoms. The lowest BCUT2D eigenvalue weighted by Gasteiger charge is -2.04. The molecule has 112 valence electrons. The summed E-state index contributed by atoms with van der Waals surface area (Å²) in [5.74, 6) is 0. The maximum atomic E-state index is 10.6. The number of hydrogen-bond donors (Lipinski definition) is 1. The van der Waals surface area contributed by atoms with Crippen molar-refractivity contribution in [3.63, 3.8) is 0 Å². The van der Waals surface area contributed by atoms with E-state index in [-0.39, 0.29) is 30.2 Å². The summed E-state index contributed by atoms with van der Waals surface area (Å²) < 4.78 is 51.4. The Morgan fingerprint density at radius 2 is 1.17 bits per heavy atom. The molecule has 10 heteroatoms. The summed E-state index contributed by atoms with van der Waals surface area (Å²) in [6.07, 6.45) is 3.14. The van der Waals surface area contributed by atoms with E-state index in [1.807, 2.05) is 0 Å². The van der Waals surface area contributed by atoms with Gasteiger partial charge < -0.3 is 5.32 Å². The number of nitrogens with one attached hydrogen (secondary N) is 1. The second kappa shape index (κ2) is 10.1. The Morgan fingerprint density at radius 1 is 0.833 bits per heavy atom. The van der Waals surface area contributed by atoms with Gasteiger partial charge in [0.05, 0.1) is 25.7 Å². The van der Waals surface area contributed by atoms with Crippen LogP contribution in [0.1, 0.15) is 12.8 Å². The summed E-state index contributed by atoms with van der Waals surface area (Å²) in [7, 11) is -6.71. The first-order chi connectivity index (χ1) is 7.71. The molecule has 0 bridgehead atoms. The lowest BCUT2D eigenvalue weighted by Crippen LogP contribution is -2.20. The molecule has 0 aliphatic carbocycles. The van der Waals surface area contributed by atoms with Gasteiger partial charge in [-0.1, -0.05) is 0 Å². The van der Waals surface area contributed by atoms with Crippen molar-refractivity contribution in [1.82, 2.24) is 5.32 Å². The molecule has 0 radical (unpaired) electrons. The van der Waals surface area contributed by atoms with E-state index in [4.69, 9.17) is 0 Å². The molecule has 7 nitrogen and oxygen atoms in total. The van der Waals surface area contributed by atoms with E-state index in [1.165, 1.54) is 0 Å². The Balaban J connectivity index is 0. The van der Waals surface area contributed by atoms with Gasteiger partial charge in [-0.15, -0.1) is 17.0 Å². The second-order valence-corrected chi connectivity index (χ2v) is 6.80. The van der Waals surface area contributed by atoms with Gasteiger partial charge in [0.25, 0.3) is 20.2 Å². The Labute approximate surface area is 119 Å². The van der Waals surface area contributed by atoms with Gasteiger partial charge in [0.1, 0.15) is 0 Å². The molecule has 0 aromatic carbocycles. The van der Waals surface area contributed by atoms with Gasteiger partial charge in [0, 0.05) is 0 Å². The van der Waals surface area contributed by atoms with Crippen LogP contribution in [0.15, 0.2) is 0 Å². The van der Waals surface area contributed by atoms with E-state index in [0.717, 1.165) is 12.5 Å². The van der Waals surface area contributed by atoms with Crippen LogP contribution in [0.2, 0.25) is 0 Å². The first-order valence-electron chi connectivity index (χ1n) is 5.10. The fourth-order valence-corrected chi connectivity index (χ4v) is 1.78. The third-order valence-electron chi connectivity index (χ3n) is 1.59. The standard InChI is InChI=1S/C8H19NO6S2.BrH/c1-16(10,11)14-7-3-5-9-6-4-8-15-17(2,12)13;/h9H,3-8H2,1-2H3;1H. The van der Waals surface area contributed by atoms with Crippen LogP contribution in [-0.4, -0.2) is 55.7 Å². The van der Waals surface area contributed by atoms with Crippen LogP contribution >= 0.6 is 17.0 Å². The SMILES string of the molecule is Br.CS(=O)(=O)OCCCNCCCOS(C)(=O)=O. The first-order valence-corrected chi connectivity index (χ1v) is 8.73. The van der Waals surface area contributed by atoms with E-state index in [1.54, 1.807) is 0 Å². The van der Waals surface area contributed by atoms with E-state index < -0.39 is 20.2 Å². The number of rotatable bonds is 10. The van der Waals surface area contributed by atoms with Crippen LogP contribution in [0.5, 0.6) is 0 Å². The number of halogens is 1. The zero-order valence-corrected chi connectivity index (χ0v) is 13.8. The maximum Gasteiger partial charge on any atom is 0.264 e. The van der Waals surface area contributed by atoms with Crippen molar-refractivity contribution in [3.8, 4) is 0 Å². The third-order valence-corrected chi connectivity index (χ3v) is 2.78. The van der Waals surface area contributed by atoms with Gasteiger partial charge in [-0.25, -0.2) is 0 Å². The van der Waals surface area contributed by atoms with Crippen LogP contribution in [0.3, 0.4) is 0 Å². The normalized spacial score (nSPS) is 12.1. The van der Waals surface area contributed by atoms with Gasteiger partial charge in [-0.3, -0.25) is 8.37 Å². The summed E-state index contributed by atoms with van der Waals surface area (Å²) >= 11 is 0. The van der Waals surface area contributed by atoms with Crippen LogP contribution < -0.4 is 5.32 Å². The van der Waals surface area contributed by atoms with Crippen LogP contribution in [0.25, 0.3) is 0 Å². The Morgan fingerprint density at radius 3 is 1.44 bits per heavy atom. The molecule has 0 aliphatic heterocycles. The monoisotopic (exact) mass is 369 g/mol. The van der Waals surface area contributed by atoms with E-state index in [0.29, 0.717) is 25.9 Å². The smallest absolute Gasteiger partial charge is 0.264 e. The summed E-state index contributed by atoms with van der Waals surface area (Å²) in [6, 6.07) is 0. The fourth-order valence-electron chi connectivity index (χ4n) is 0.940. The minimum atomic E-state index is -3.36. The zero-order chi connectivity index (χ0) is 13.4. The van der Waals surface area contributed by atoms with Gasteiger partial charge >= 0.3 is 0 Å². The first kappa shape index (κ1) is 20.6. The van der Waals surface area contributed by atoms with Crippen molar-refractivity contribution in [2.45, 2.75) is 12.8 Å². The summed E-state index contributed by atoms with van der Waals surface area (Å²) in [6.45, 7) is 1.50. The van der Waals surface area contributed by atoms with E-state index in [2.05, 4.69) is 13.7 Å². The molecule has 0 heterocycles. The van der Waals surface area contributed by atoms with E-state index in [9.17, 15) is 16.8 Å². The summed E-state index contributed by atoms with van der Waals surface area (Å²) in [5.41, 5.74) is 0. The average Bonchev–Trinajstić information content (AvgIpc) is 2.11. The van der Waals surface area contributed by atoms with Crippen LogP contribution in [0, 0.1) is 0 Å². The lowest BCUT2D eigenvalue weighted by molar-refractivity contribution is 0.304. The predicted octanol–water partition coefficient (Wildman–Crippen LogP) is -0.113. The van der Waals surface area contributed by atoms with Crippen molar-refractivity contribution in [3.05, 3.63) is 0 Å². The third kappa shape index (κ3) is 18.6.